The zero-order chi connectivity index (χ0) is 19.7. The van der Waals surface area contributed by atoms with E-state index in [1.54, 1.807) is 41.1 Å². The minimum absolute atomic E-state index is 0.298. The van der Waals surface area contributed by atoms with Crippen LogP contribution in [0.2, 0.25) is 0 Å². The summed E-state index contributed by atoms with van der Waals surface area (Å²) >= 11 is 3.39. The second-order valence-electron chi connectivity index (χ2n) is 6.13. The highest BCUT2D eigenvalue weighted by Gasteiger charge is 2.17. The Bertz CT molecular complexity index is 628. The van der Waals surface area contributed by atoms with Crippen LogP contribution in [-0.2, 0) is 20.6 Å². The number of hydrogen-bond donors (Lipinski definition) is 1. The van der Waals surface area contributed by atoms with Crippen LogP contribution in [0, 0.1) is 0 Å². The Hall–Kier alpha value is -2.16. The molecular weight excluding hydrogens is 410 g/mol. The van der Waals surface area contributed by atoms with Gasteiger partial charge in [0.15, 0.2) is 0 Å². The molecular formula is C17H24BrNO7. The third-order valence-corrected chi connectivity index (χ3v) is 3.59. The van der Waals surface area contributed by atoms with Crippen LogP contribution in [0.15, 0.2) is 16.6 Å². The molecule has 0 aliphatic rings. The largest absolute Gasteiger partial charge is 0.511 e. The van der Waals surface area contributed by atoms with Crippen LogP contribution in [-0.4, -0.2) is 45.4 Å². The molecule has 0 unspecified atom stereocenters. The average Bonchev–Trinajstić information content (AvgIpc) is 2.54. The van der Waals surface area contributed by atoms with Gasteiger partial charge in [-0.3, -0.25) is 0 Å². The normalized spacial score (nSPS) is 10.7. The van der Waals surface area contributed by atoms with E-state index in [1.807, 2.05) is 6.07 Å². The van der Waals surface area contributed by atoms with E-state index in [9.17, 15) is 9.59 Å². The molecule has 0 saturated heterocycles. The zero-order valence-electron chi connectivity index (χ0n) is 15.5. The Morgan fingerprint density at radius 2 is 1.73 bits per heavy atom. The van der Waals surface area contributed by atoms with Crippen molar-refractivity contribution < 1.29 is 33.3 Å². The number of methoxy groups -OCH3 is 2. The molecule has 0 spiro atoms. The molecule has 0 aliphatic carbocycles. The first-order chi connectivity index (χ1) is 12.2. The number of rotatable bonds is 7. The molecule has 8 nitrogen and oxygen atoms in total. The number of carbonyl (C=O) groups is 2. The fraction of sp³-hybridized carbons (Fsp3) is 0.529. The predicted molar refractivity (Wildman–Crippen MR) is 97.6 cm³/mol. The highest BCUT2D eigenvalue weighted by atomic mass is 79.9. The molecule has 0 atom stereocenters. The topological polar surface area (TPSA) is 92.3 Å². The van der Waals surface area contributed by atoms with Crippen molar-refractivity contribution in [3.63, 3.8) is 0 Å². The maximum absolute atomic E-state index is 11.6. The highest BCUT2D eigenvalue weighted by molar-refractivity contribution is 9.10. The number of hydrogen-bond acceptors (Lipinski definition) is 7. The lowest BCUT2D eigenvalue weighted by molar-refractivity contribution is -0.0466. The molecule has 1 aromatic rings. The first-order valence-electron chi connectivity index (χ1n) is 7.83. The Morgan fingerprint density at radius 1 is 1.08 bits per heavy atom. The van der Waals surface area contributed by atoms with Crippen molar-refractivity contribution in [2.24, 2.45) is 0 Å². The van der Waals surface area contributed by atoms with Crippen LogP contribution in [0.1, 0.15) is 26.3 Å². The van der Waals surface area contributed by atoms with Gasteiger partial charge in [0.1, 0.15) is 17.1 Å². The number of ether oxygens (including phenoxy) is 5. The van der Waals surface area contributed by atoms with E-state index < -0.39 is 24.6 Å². The molecule has 0 fully saturated rings. The van der Waals surface area contributed by atoms with Gasteiger partial charge < -0.3 is 29.0 Å². The van der Waals surface area contributed by atoms with Crippen molar-refractivity contribution in [3.05, 3.63) is 22.2 Å². The molecule has 26 heavy (non-hydrogen) atoms. The van der Waals surface area contributed by atoms with E-state index >= 15 is 0 Å². The van der Waals surface area contributed by atoms with Crippen LogP contribution in [0.25, 0.3) is 0 Å². The summed E-state index contributed by atoms with van der Waals surface area (Å²) in [6.07, 6.45) is -1.12. The van der Waals surface area contributed by atoms with Gasteiger partial charge in [-0.2, -0.15) is 0 Å². The number of halogens is 1. The third kappa shape index (κ3) is 7.81. The molecule has 1 amide bonds. The first-order valence-corrected chi connectivity index (χ1v) is 8.62. The summed E-state index contributed by atoms with van der Waals surface area (Å²) in [6, 6.07) is 3.61. The lowest BCUT2D eigenvalue weighted by Crippen LogP contribution is -2.29. The van der Waals surface area contributed by atoms with E-state index in [0.717, 1.165) is 10.0 Å². The van der Waals surface area contributed by atoms with Crippen LogP contribution >= 0.6 is 15.9 Å². The van der Waals surface area contributed by atoms with Gasteiger partial charge >= 0.3 is 12.2 Å². The van der Waals surface area contributed by atoms with Crippen molar-refractivity contribution >= 4 is 28.2 Å². The second kappa shape index (κ2) is 10.1. The first kappa shape index (κ1) is 21.9. The van der Waals surface area contributed by atoms with E-state index in [0.29, 0.717) is 24.5 Å². The van der Waals surface area contributed by atoms with Gasteiger partial charge in [0, 0.05) is 6.54 Å². The Morgan fingerprint density at radius 3 is 2.31 bits per heavy atom. The molecule has 0 saturated carbocycles. The molecule has 0 heterocycles. The van der Waals surface area contributed by atoms with Crippen LogP contribution < -0.4 is 14.8 Å². The number of nitrogens with one attached hydrogen (secondary N) is 1. The Labute approximate surface area is 161 Å². The quantitative estimate of drug-likeness (QED) is 0.518. The summed E-state index contributed by atoms with van der Waals surface area (Å²) in [5.41, 5.74) is 0.183. The van der Waals surface area contributed by atoms with Crippen molar-refractivity contribution in [1.29, 1.82) is 0 Å². The monoisotopic (exact) mass is 433 g/mol. The van der Waals surface area contributed by atoms with Crippen molar-refractivity contribution in [1.82, 2.24) is 5.32 Å². The standard InChI is InChI=1S/C17H24BrNO7/c1-17(2,3)26-16(21)25-10-24-15(20)19-7-6-11-8-14(23-5)12(18)9-13(11)22-4/h8-9H,6-7,10H2,1-5H3,(H,19,20). The van der Waals surface area contributed by atoms with Gasteiger partial charge in [0.05, 0.1) is 18.7 Å². The van der Waals surface area contributed by atoms with Gasteiger partial charge in [0.25, 0.3) is 0 Å². The second-order valence-corrected chi connectivity index (χ2v) is 6.99. The SMILES string of the molecule is COc1cc(CCNC(=O)OCOC(=O)OC(C)(C)C)c(OC)cc1Br. The molecule has 1 aromatic carbocycles. The van der Waals surface area contributed by atoms with E-state index in [1.165, 1.54) is 0 Å². The van der Waals surface area contributed by atoms with Crippen LogP contribution in [0.4, 0.5) is 9.59 Å². The van der Waals surface area contributed by atoms with Gasteiger partial charge in [-0.15, -0.1) is 0 Å². The lowest BCUT2D eigenvalue weighted by atomic mass is 10.1. The summed E-state index contributed by atoms with van der Waals surface area (Å²) in [6.45, 7) is 4.87. The number of alkyl carbamates (subject to hydrolysis) is 1. The summed E-state index contributed by atoms with van der Waals surface area (Å²) < 4.78 is 25.6. The van der Waals surface area contributed by atoms with Crippen LogP contribution in [0.5, 0.6) is 11.5 Å². The van der Waals surface area contributed by atoms with Gasteiger partial charge in [-0.1, -0.05) is 0 Å². The van der Waals surface area contributed by atoms with E-state index in [-0.39, 0.29) is 0 Å². The smallest absolute Gasteiger partial charge is 0.496 e. The fourth-order valence-electron chi connectivity index (χ4n) is 1.88. The summed E-state index contributed by atoms with van der Waals surface area (Å²) in [5.74, 6) is 1.33. The highest BCUT2D eigenvalue weighted by Crippen LogP contribution is 2.32. The van der Waals surface area contributed by atoms with Gasteiger partial charge in [-0.25, -0.2) is 9.59 Å². The molecule has 0 radical (unpaired) electrons. The maximum atomic E-state index is 11.6. The third-order valence-electron chi connectivity index (χ3n) is 2.97. The predicted octanol–water partition coefficient (Wildman–Crippen LogP) is 3.64. The minimum Gasteiger partial charge on any atom is -0.496 e. The molecule has 1 N–H and O–H groups in total. The fourth-order valence-corrected chi connectivity index (χ4v) is 2.36. The van der Waals surface area contributed by atoms with Crippen LogP contribution in [0.3, 0.4) is 0 Å². The Balaban J connectivity index is 2.39. The van der Waals surface area contributed by atoms with Crippen molar-refractivity contribution in [3.8, 4) is 11.5 Å². The maximum Gasteiger partial charge on any atom is 0.511 e. The molecule has 9 heteroatoms. The number of carbonyl (C=O) groups excluding carboxylic acids is 2. The van der Waals surface area contributed by atoms with Gasteiger partial charge in [-0.05, 0) is 60.8 Å². The van der Waals surface area contributed by atoms with Crippen molar-refractivity contribution in [2.75, 3.05) is 27.6 Å². The molecule has 146 valence electrons. The lowest BCUT2D eigenvalue weighted by Gasteiger charge is -2.18. The van der Waals surface area contributed by atoms with E-state index in [4.69, 9.17) is 18.9 Å². The number of benzene rings is 1. The summed E-state index contributed by atoms with van der Waals surface area (Å²) in [7, 11) is 3.13. The number of amides is 1. The molecule has 0 bridgehead atoms. The van der Waals surface area contributed by atoms with E-state index in [2.05, 4.69) is 26.0 Å². The molecule has 0 aromatic heterocycles. The average molecular weight is 434 g/mol. The van der Waals surface area contributed by atoms with Gasteiger partial charge in [0.2, 0.25) is 6.79 Å². The zero-order valence-corrected chi connectivity index (χ0v) is 17.1. The molecule has 0 aliphatic heterocycles. The minimum atomic E-state index is -0.906. The summed E-state index contributed by atoms with van der Waals surface area (Å²) in [4.78, 5) is 22.9. The Kier molecular flexibility index (Phi) is 8.50. The molecule has 1 rings (SSSR count). The van der Waals surface area contributed by atoms with Crippen molar-refractivity contribution in [2.45, 2.75) is 32.8 Å². The summed E-state index contributed by atoms with van der Waals surface area (Å²) in [5, 5.41) is 2.56.